The second-order valence-electron chi connectivity index (χ2n) is 5.26. The first kappa shape index (κ1) is 17.3. The summed E-state index contributed by atoms with van der Waals surface area (Å²) in [5.41, 5.74) is 0. The summed E-state index contributed by atoms with van der Waals surface area (Å²) in [6.07, 6.45) is 0.799. The SMILES string of the molecule is O=Cc1ccc(N2CCN(S(=O)(=O)c3ccc(F)c(Cl)c3)CC2)s1. The van der Waals surface area contributed by atoms with Crippen molar-refractivity contribution < 1.29 is 17.6 Å². The molecule has 128 valence electrons. The lowest BCUT2D eigenvalue weighted by Gasteiger charge is -2.34. The second-order valence-corrected chi connectivity index (χ2v) is 8.70. The molecule has 0 spiro atoms. The molecule has 1 aromatic carbocycles. The van der Waals surface area contributed by atoms with Gasteiger partial charge in [0.05, 0.1) is 19.8 Å². The van der Waals surface area contributed by atoms with Crippen molar-refractivity contribution in [3.63, 3.8) is 0 Å². The lowest BCUT2D eigenvalue weighted by Crippen LogP contribution is -2.48. The molecule has 0 radical (unpaired) electrons. The first-order valence-corrected chi connectivity index (χ1v) is 9.80. The average Bonchev–Trinajstić information content (AvgIpc) is 3.06. The van der Waals surface area contributed by atoms with E-state index in [2.05, 4.69) is 0 Å². The summed E-state index contributed by atoms with van der Waals surface area (Å²) in [6.45, 7) is 1.66. The molecule has 0 saturated carbocycles. The molecule has 0 amide bonds. The van der Waals surface area contributed by atoms with Crippen molar-refractivity contribution in [3.8, 4) is 0 Å². The summed E-state index contributed by atoms with van der Waals surface area (Å²) in [4.78, 5) is 13.4. The summed E-state index contributed by atoms with van der Waals surface area (Å²) < 4.78 is 39.8. The number of sulfonamides is 1. The van der Waals surface area contributed by atoms with Gasteiger partial charge in [-0.3, -0.25) is 4.79 Å². The van der Waals surface area contributed by atoms with Crippen LogP contribution in [0, 0.1) is 5.82 Å². The number of hydrogen-bond donors (Lipinski definition) is 0. The molecule has 0 unspecified atom stereocenters. The maximum atomic E-state index is 13.2. The fourth-order valence-electron chi connectivity index (χ4n) is 2.51. The normalized spacial score (nSPS) is 16.3. The number of carbonyl (C=O) groups excluding carboxylic acids is 1. The lowest BCUT2D eigenvalue weighted by atomic mass is 10.3. The van der Waals surface area contributed by atoms with Gasteiger partial charge in [0, 0.05) is 26.2 Å². The third-order valence-corrected chi connectivity index (χ3v) is 7.06. The van der Waals surface area contributed by atoms with Gasteiger partial charge in [-0.25, -0.2) is 12.8 Å². The van der Waals surface area contributed by atoms with Gasteiger partial charge >= 0.3 is 0 Å². The Bertz CT molecular complexity index is 861. The van der Waals surface area contributed by atoms with Crippen molar-refractivity contribution in [1.82, 2.24) is 4.31 Å². The number of rotatable bonds is 4. The number of aldehydes is 1. The van der Waals surface area contributed by atoms with Crippen LogP contribution in [-0.4, -0.2) is 45.2 Å². The van der Waals surface area contributed by atoms with Crippen molar-refractivity contribution >= 4 is 44.2 Å². The van der Waals surface area contributed by atoms with Crippen LogP contribution < -0.4 is 4.90 Å². The maximum absolute atomic E-state index is 13.2. The molecular weight excluding hydrogens is 375 g/mol. The van der Waals surface area contributed by atoms with Crippen molar-refractivity contribution in [2.45, 2.75) is 4.90 Å². The minimum absolute atomic E-state index is 0.0123. The standard InChI is InChI=1S/C15H14ClFN2O3S2/c16-13-9-12(2-3-14(13)17)24(21,22)19-7-5-18(6-8-19)15-4-1-11(10-20)23-15/h1-4,9-10H,5-8H2. The molecule has 1 aliphatic rings. The Morgan fingerprint density at radius 3 is 2.42 bits per heavy atom. The van der Waals surface area contributed by atoms with E-state index in [0.29, 0.717) is 31.1 Å². The fourth-order valence-corrected chi connectivity index (χ4v) is 5.08. The van der Waals surface area contributed by atoms with E-state index in [9.17, 15) is 17.6 Å². The summed E-state index contributed by atoms with van der Waals surface area (Å²) in [6, 6.07) is 7.01. The molecular formula is C15H14ClFN2O3S2. The zero-order chi connectivity index (χ0) is 17.3. The van der Waals surface area contributed by atoms with Gasteiger partial charge in [0.1, 0.15) is 5.82 Å². The summed E-state index contributed by atoms with van der Waals surface area (Å²) in [7, 11) is -3.70. The highest BCUT2D eigenvalue weighted by Gasteiger charge is 2.29. The molecule has 0 atom stereocenters. The first-order chi connectivity index (χ1) is 11.4. The maximum Gasteiger partial charge on any atom is 0.243 e. The Labute approximate surface area is 148 Å². The number of piperazine rings is 1. The lowest BCUT2D eigenvalue weighted by molar-refractivity contribution is 0.112. The van der Waals surface area contributed by atoms with Gasteiger partial charge in [0.2, 0.25) is 10.0 Å². The molecule has 1 aromatic heterocycles. The molecule has 5 nitrogen and oxygen atoms in total. The number of hydrogen-bond acceptors (Lipinski definition) is 5. The minimum atomic E-state index is -3.70. The summed E-state index contributed by atoms with van der Waals surface area (Å²) in [5.74, 6) is -0.649. The third kappa shape index (κ3) is 3.32. The van der Waals surface area contributed by atoms with Crippen molar-refractivity contribution in [1.29, 1.82) is 0 Å². The van der Waals surface area contributed by atoms with Crippen molar-refractivity contribution in [2.75, 3.05) is 31.1 Å². The molecule has 24 heavy (non-hydrogen) atoms. The second kappa shape index (κ2) is 6.79. The summed E-state index contributed by atoms with van der Waals surface area (Å²) in [5, 5.41) is 0.730. The molecule has 2 aromatic rings. The first-order valence-electron chi connectivity index (χ1n) is 7.17. The minimum Gasteiger partial charge on any atom is -0.361 e. The van der Waals surface area contributed by atoms with E-state index in [1.165, 1.54) is 21.7 Å². The molecule has 0 bridgehead atoms. The van der Waals surface area contributed by atoms with Crippen LogP contribution in [0.4, 0.5) is 9.39 Å². The van der Waals surface area contributed by atoms with Crippen LogP contribution in [0.1, 0.15) is 9.67 Å². The number of halogens is 2. The Morgan fingerprint density at radius 2 is 1.83 bits per heavy atom. The highest BCUT2D eigenvalue weighted by atomic mass is 35.5. The smallest absolute Gasteiger partial charge is 0.243 e. The number of carbonyl (C=O) groups is 1. The van der Waals surface area contributed by atoms with Crippen LogP contribution in [0.2, 0.25) is 5.02 Å². The number of anilines is 1. The topological polar surface area (TPSA) is 57.7 Å². The molecule has 9 heteroatoms. The van der Waals surface area contributed by atoms with Gasteiger partial charge in [-0.15, -0.1) is 11.3 Å². The van der Waals surface area contributed by atoms with Crippen LogP contribution in [0.25, 0.3) is 0 Å². The van der Waals surface area contributed by atoms with Crippen LogP contribution in [-0.2, 0) is 10.0 Å². The van der Waals surface area contributed by atoms with E-state index in [1.54, 1.807) is 6.07 Å². The van der Waals surface area contributed by atoms with Crippen LogP contribution in [0.5, 0.6) is 0 Å². The Kier molecular flexibility index (Phi) is 4.91. The van der Waals surface area contributed by atoms with Crippen LogP contribution in [0.3, 0.4) is 0 Å². The van der Waals surface area contributed by atoms with E-state index in [4.69, 9.17) is 11.6 Å². The Morgan fingerprint density at radius 1 is 1.12 bits per heavy atom. The molecule has 2 heterocycles. The third-order valence-electron chi connectivity index (χ3n) is 3.81. The predicted octanol–water partition coefficient (Wildman–Crippen LogP) is 2.86. The molecule has 0 aliphatic carbocycles. The summed E-state index contributed by atoms with van der Waals surface area (Å²) >= 11 is 7.06. The molecule has 1 fully saturated rings. The monoisotopic (exact) mass is 388 g/mol. The van der Waals surface area contributed by atoms with E-state index < -0.39 is 15.8 Å². The van der Waals surface area contributed by atoms with Crippen molar-refractivity contribution in [3.05, 3.63) is 46.0 Å². The fraction of sp³-hybridized carbons (Fsp3) is 0.267. The van der Waals surface area contributed by atoms with Gasteiger partial charge in [-0.05, 0) is 30.3 Å². The van der Waals surface area contributed by atoms with Gasteiger partial charge in [0.15, 0.2) is 6.29 Å². The van der Waals surface area contributed by atoms with Gasteiger partial charge in [0.25, 0.3) is 0 Å². The predicted molar refractivity (Wildman–Crippen MR) is 92.1 cm³/mol. The average molecular weight is 389 g/mol. The van der Waals surface area contributed by atoms with Crippen LogP contribution in [0.15, 0.2) is 35.2 Å². The van der Waals surface area contributed by atoms with Crippen LogP contribution >= 0.6 is 22.9 Å². The number of nitrogens with zero attached hydrogens (tertiary/aromatic N) is 2. The molecule has 1 aliphatic heterocycles. The van der Waals surface area contributed by atoms with Crippen molar-refractivity contribution in [2.24, 2.45) is 0 Å². The van der Waals surface area contributed by atoms with Gasteiger partial charge in [-0.1, -0.05) is 11.6 Å². The van der Waals surface area contributed by atoms with E-state index >= 15 is 0 Å². The van der Waals surface area contributed by atoms with E-state index in [-0.39, 0.29) is 9.92 Å². The molecule has 1 saturated heterocycles. The van der Waals surface area contributed by atoms with E-state index in [0.717, 1.165) is 23.4 Å². The highest BCUT2D eigenvalue weighted by Crippen LogP contribution is 2.28. The zero-order valence-electron chi connectivity index (χ0n) is 12.5. The highest BCUT2D eigenvalue weighted by molar-refractivity contribution is 7.89. The molecule has 0 N–H and O–H groups in total. The Balaban J connectivity index is 1.73. The number of benzene rings is 1. The largest absolute Gasteiger partial charge is 0.361 e. The zero-order valence-corrected chi connectivity index (χ0v) is 14.9. The molecule has 3 rings (SSSR count). The van der Waals surface area contributed by atoms with Gasteiger partial charge < -0.3 is 4.90 Å². The Hall–Kier alpha value is -1.48. The van der Waals surface area contributed by atoms with Gasteiger partial charge in [-0.2, -0.15) is 4.31 Å². The van der Waals surface area contributed by atoms with E-state index in [1.807, 2.05) is 11.0 Å². The number of thiophene rings is 1. The quantitative estimate of drug-likeness (QED) is 0.756.